The van der Waals surface area contributed by atoms with Crippen LogP contribution in [0.4, 0.5) is 0 Å². The number of nitrogens with two attached hydrogens (primary N) is 1. The van der Waals surface area contributed by atoms with Gasteiger partial charge in [-0.15, -0.1) is 0 Å². The molecule has 1 atom stereocenters. The molecule has 0 spiro atoms. The van der Waals surface area contributed by atoms with E-state index in [1.807, 2.05) is 0 Å². The molecule has 1 fully saturated rings. The standard InChI is InChI=1S/C18H28N4O3S2/c1-13-12-18(2,3)21-17(26)22(13)11-9-16(23)20-10-8-14-4-6-15(7-5-14)27(19,24)25/h4-7,13H,8-12H2,1-3H3,(H,20,23)(H,21,26)(H2,19,24,25)/t13-/m1/s1. The average Bonchev–Trinajstić information content (AvgIpc) is 2.52. The van der Waals surface area contributed by atoms with Crippen molar-refractivity contribution in [1.29, 1.82) is 0 Å². The van der Waals surface area contributed by atoms with Crippen molar-refractivity contribution in [1.82, 2.24) is 15.5 Å². The van der Waals surface area contributed by atoms with E-state index in [1.54, 1.807) is 12.1 Å². The molecule has 1 aromatic rings. The van der Waals surface area contributed by atoms with Crippen LogP contribution >= 0.6 is 12.2 Å². The van der Waals surface area contributed by atoms with Crippen molar-refractivity contribution in [2.24, 2.45) is 5.14 Å². The number of sulfonamides is 1. The van der Waals surface area contributed by atoms with Crippen molar-refractivity contribution >= 4 is 33.3 Å². The Morgan fingerprint density at radius 2 is 2.00 bits per heavy atom. The van der Waals surface area contributed by atoms with Gasteiger partial charge in [-0.05, 0) is 63.5 Å². The first-order valence-corrected chi connectivity index (χ1v) is 10.9. The number of hydrogen-bond donors (Lipinski definition) is 3. The van der Waals surface area contributed by atoms with Crippen LogP contribution in [0.15, 0.2) is 29.2 Å². The van der Waals surface area contributed by atoms with E-state index in [-0.39, 0.29) is 16.3 Å². The molecule has 1 amide bonds. The SMILES string of the molecule is C[C@@H]1CC(C)(C)NC(=S)N1CCC(=O)NCCc1ccc(S(N)(=O)=O)cc1. The molecule has 0 bridgehead atoms. The first-order valence-electron chi connectivity index (χ1n) is 8.95. The molecule has 0 saturated carbocycles. The molecule has 27 heavy (non-hydrogen) atoms. The van der Waals surface area contributed by atoms with Crippen LogP contribution in [0, 0.1) is 0 Å². The number of primary sulfonamides is 1. The number of nitrogens with zero attached hydrogens (tertiary/aromatic N) is 1. The zero-order valence-corrected chi connectivity index (χ0v) is 17.6. The minimum absolute atomic E-state index is 0.0198. The fourth-order valence-electron chi connectivity index (χ4n) is 3.29. The summed E-state index contributed by atoms with van der Waals surface area (Å²) in [4.78, 5) is 14.2. The predicted octanol–water partition coefficient (Wildman–Crippen LogP) is 1.13. The summed E-state index contributed by atoms with van der Waals surface area (Å²) in [6, 6.07) is 6.64. The highest BCUT2D eigenvalue weighted by atomic mass is 32.2. The highest BCUT2D eigenvalue weighted by molar-refractivity contribution is 7.89. The number of nitrogens with one attached hydrogen (secondary N) is 2. The van der Waals surface area contributed by atoms with Crippen LogP contribution in [-0.4, -0.2) is 49.0 Å². The number of carbonyl (C=O) groups is 1. The van der Waals surface area contributed by atoms with Gasteiger partial charge in [0, 0.05) is 31.1 Å². The molecule has 7 nitrogen and oxygen atoms in total. The molecule has 9 heteroatoms. The van der Waals surface area contributed by atoms with Crippen molar-refractivity contribution in [3.63, 3.8) is 0 Å². The number of amides is 1. The molecule has 0 radical (unpaired) electrons. The van der Waals surface area contributed by atoms with E-state index in [4.69, 9.17) is 17.4 Å². The molecular weight excluding hydrogens is 384 g/mol. The molecule has 1 heterocycles. The molecule has 0 aromatic heterocycles. The fourth-order valence-corrected chi connectivity index (χ4v) is 4.35. The minimum Gasteiger partial charge on any atom is -0.358 e. The summed E-state index contributed by atoms with van der Waals surface area (Å²) in [5.74, 6) is -0.0315. The van der Waals surface area contributed by atoms with Gasteiger partial charge in [-0.2, -0.15) is 0 Å². The van der Waals surface area contributed by atoms with Crippen molar-refractivity contribution in [2.45, 2.75) is 56.5 Å². The van der Waals surface area contributed by atoms with Crippen LogP contribution in [0.3, 0.4) is 0 Å². The van der Waals surface area contributed by atoms with Crippen molar-refractivity contribution in [2.75, 3.05) is 13.1 Å². The topological polar surface area (TPSA) is 105 Å². The number of hydrogen-bond acceptors (Lipinski definition) is 4. The third kappa shape index (κ3) is 6.44. The van der Waals surface area contributed by atoms with Crippen LogP contribution in [-0.2, 0) is 21.2 Å². The fraction of sp³-hybridized carbons (Fsp3) is 0.556. The normalized spacial score (nSPS) is 19.5. The van der Waals surface area contributed by atoms with Gasteiger partial charge in [0.25, 0.3) is 0 Å². The largest absolute Gasteiger partial charge is 0.358 e. The van der Waals surface area contributed by atoms with E-state index in [1.165, 1.54) is 12.1 Å². The second kappa shape index (κ2) is 8.53. The summed E-state index contributed by atoms with van der Waals surface area (Å²) >= 11 is 5.42. The summed E-state index contributed by atoms with van der Waals surface area (Å²) in [6.45, 7) is 7.43. The number of thiocarbonyl (C=S) groups is 1. The molecule has 150 valence electrons. The summed E-state index contributed by atoms with van der Waals surface area (Å²) in [7, 11) is -3.68. The summed E-state index contributed by atoms with van der Waals surface area (Å²) in [5.41, 5.74) is 0.911. The summed E-state index contributed by atoms with van der Waals surface area (Å²) < 4.78 is 22.5. The zero-order valence-electron chi connectivity index (χ0n) is 16.0. The molecule has 1 aliphatic heterocycles. The van der Waals surface area contributed by atoms with Gasteiger partial charge in [-0.1, -0.05) is 12.1 Å². The van der Waals surface area contributed by atoms with E-state index >= 15 is 0 Å². The molecular formula is C18H28N4O3S2. The Morgan fingerprint density at radius 1 is 1.37 bits per heavy atom. The highest BCUT2D eigenvalue weighted by Crippen LogP contribution is 2.22. The first-order chi connectivity index (χ1) is 12.5. The van der Waals surface area contributed by atoms with Gasteiger partial charge in [-0.25, -0.2) is 13.6 Å². The second-order valence-corrected chi connectivity index (χ2v) is 9.55. The monoisotopic (exact) mass is 412 g/mol. The van der Waals surface area contributed by atoms with Crippen LogP contribution in [0.5, 0.6) is 0 Å². The Bertz CT molecular complexity index is 791. The van der Waals surface area contributed by atoms with Crippen molar-refractivity contribution in [3.05, 3.63) is 29.8 Å². The molecule has 2 rings (SSSR count). The number of carbonyl (C=O) groups excluding carboxylic acids is 1. The molecule has 4 N–H and O–H groups in total. The van der Waals surface area contributed by atoms with Gasteiger partial charge >= 0.3 is 0 Å². The second-order valence-electron chi connectivity index (χ2n) is 7.60. The maximum atomic E-state index is 12.1. The third-order valence-corrected chi connectivity index (χ3v) is 5.88. The van der Waals surface area contributed by atoms with Crippen LogP contribution in [0.25, 0.3) is 0 Å². The molecule has 1 aromatic carbocycles. The van der Waals surface area contributed by atoms with E-state index in [2.05, 4.69) is 36.3 Å². The van der Waals surface area contributed by atoms with E-state index in [0.29, 0.717) is 37.1 Å². The Hall–Kier alpha value is -1.71. The van der Waals surface area contributed by atoms with E-state index < -0.39 is 10.0 Å². The van der Waals surface area contributed by atoms with Gasteiger partial charge < -0.3 is 15.5 Å². The van der Waals surface area contributed by atoms with Crippen LogP contribution in [0.2, 0.25) is 0 Å². The quantitative estimate of drug-likeness (QED) is 0.580. The maximum absolute atomic E-state index is 12.1. The smallest absolute Gasteiger partial charge is 0.238 e. The number of rotatable bonds is 7. The van der Waals surface area contributed by atoms with Crippen molar-refractivity contribution < 1.29 is 13.2 Å². The predicted molar refractivity (Wildman–Crippen MR) is 110 cm³/mol. The summed E-state index contributed by atoms with van der Waals surface area (Å²) in [5, 5.41) is 12.0. The molecule has 0 aliphatic carbocycles. The average molecular weight is 413 g/mol. The maximum Gasteiger partial charge on any atom is 0.238 e. The molecule has 0 unspecified atom stereocenters. The Balaban J connectivity index is 1.74. The zero-order chi connectivity index (χ0) is 20.2. The Labute approximate surface area is 166 Å². The summed E-state index contributed by atoms with van der Waals surface area (Å²) in [6.07, 6.45) is 1.95. The van der Waals surface area contributed by atoms with E-state index in [0.717, 1.165) is 12.0 Å². The number of benzene rings is 1. The van der Waals surface area contributed by atoms with Crippen LogP contribution in [0.1, 0.15) is 39.2 Å². The first kappa shape index (κ1) is 21.6. The van der Waals surface area contributed by atoms with Gasteiger partial charge in [0.2, 0.25) is 15.9 Å². The lowest BCUT2D eigenvalue weighted by atomic mass is 9.93. The van der Waals surface area contributed by atoms with Crippen molar-refractivity contribution in [3.8, 4) is 0 Å². The third-order valence-electron chi connectivity index (χ3n) is 4.61. The Morgan fingerprint density at radius 3 is 2.56 bits per heavy atom. The highest BCUT2D eigenvalue weighted by Gasteiger charge is 2.32. The van der Waals surface area contributed by atoms with Gasteiger partial charge in [0.05, 0.1) is 4.90 Å². The molecule has 1 aliphatic rings. The molecule has 1 saturated heterocycles. The lowest BCUT2D eigenvalue weighted by molar-refractivity contribution is -0.121. The Kier molecular flexibility index (Phi) is 6.82. The van der Waals surface area contributed by atoms with Gasteiger partial charge in [0.1, 0.15) is 0 Å². The lowest BCUT2D eigenvalue weighted by Gasteiger charge is -2.44. The van der Waals surface area contributed by atoms with Gasteiger partial charge in [0.15, 0.2) is 5.11 Å². The minimum atomic E-state index is -3.68. The lowest BCUT2D eigenvalue weighted by Crippen LogP contribution is -2.60. The van der Waals surface area contributed by atoms with Gasteiger partial charge in [-0.3, -0.25) is 4.79 Å². The van der Waals surface area contributed by atoms with Crippen LogP contribution < -0.4 is 15.8 Å². The van der Waals surface area contributed by atoms with E-state index in [9.17, 15) is 13.2 Å².